The van der Waals surface area contributed by atoms with Crippen molar-refractivity contribution in [1.29, 1.82) is 0 Å². The highest BCUT2D eigenvalue weighted by Gasteiger charge is 2.66. The van der Waals surface area contributed by atoms with Gasteiger partial charge < -0.3 is 24.3 Å². The van der Waals surface area contributed by atoms with Gasteiger partial charge in [-0.05, 0) is 73.1 Å². The summed E-state index contributed by atoms with van der Waals surface area (Å²) in [6, 6.07) is 40.0. The highest BCUT2D eigenvalue weighted by atomic mass is 28.4. The van der Waals surface area contributed by atoms with Crippen LogP contribution in [0.15, 0.2) is 134 Å². The molecule has 2 amide bonds. The summed E-state index contributed by atoms with van der Waals surface area (Å²) >= 11 is 0. The van der Waals surface area contributed by atoms with E-state index in [2.05, 4.69) is 10.3 Å². The third kappa shape index (κ3) is 6.33. The number of rotatable bonds is 10. The van der Waals surface area contributed by atoms with Crippen LogP contribution in [0.4, 0.5) is 17.1 Å². The zero-order valence-electron chi connectivity index (χ0n) is 32.6. The Kier molecular flexibility index (Phi) is 9.60. The number of carbonyl (C=O) groups excluding carboxylic acids is 2. The van der Waals surface area contributed by atoms with Crippen molar-refractivity contribution in [2.75, 3.05) is 16.4 Å². The second kappa shape index (κ2) is 14.8. The average molecular weight is 792 g/mol. The van der Waals surface area contributed by atoms with Crippen LogP contribution in [-0.2, 0) is 28.2 Å². The van der Waals surface area contributed by atoms with E-state index in [1.54, 1.807) is 26.6 Å². The second-order valence-electron chi connectivity index (χ2n) is 16.0. The van der Waals surface area contributed by atoms with E-state index in [0.717, 1.165) is 22.4 Å². The van der Waals surface area contributed by atoms with Crippen LogP contribution in [0.25, 0.3) is 0 Å². The van der Waals surface area contributed by atoms with Gasteiger partial charge in [0.2, 0.25) is 0 Å². The molecule has 58 heavy (non-hydrogen) atoms. The number of aliphatic hydroxyl groups excluding tert-OH is 1. The molecule has 0 aliphatic carbocycles. The molecular formula is C46H45N5O6Si. The molecule has 0 radical (unpaired) electrons. The van der Waals surface area contributed by atoms with Gasteiger partial charge in [0.05, 0.1) is 47.8 Å². The van der Waals surface area contributed by atoms with Crippen molar-refractivity contribution < 1.29 is 29.0 Å². The van der Waals surface area contributed by atoms with E-state index in [9.17, 15) is 14.7 Å². The summed E-state index contributed by atoms with van der Waals surface area (Å²) in [5.74, 6) is 0.118. The fourth-order valence-electron chi connectivity index (χ4n) is 9.35. The van der Waals surface area contributed by atoms with Crippen molar-refractivity contribution in [3.05, 3.63) is 162 Å². The van der Waals surface area contributed by atoms with Gasteiger partial charge in [0.25, 0.3) is 11.8 Å². The quantitative estimate of drug-likeness (QED) is 0.134. The molecule has 0 saturated carbocycles. The molecule has 3 aliphatic rings. The van der Waals surface area contributed by atoms with E-state index in [0.29, 0.717) is 47.1 Å². The molecule has 9 rings (SSSR count). The van der Waals surface area contributed by atoms with Crippen LogP contribution in [0.3, 0.4) is 0 Å². The predicted octanol–water partition coefficient (Wildman–Crippen LogP) is 7.92. The summed E-state index contributed by atoms with van der Waals surface area (Å²) in [6.45, 7) is 6.54. The molecule has 1 aromatic heterocycles. The Labute approximate surface area is 338 Å². The van der Waals surface area contributed by atoms with E-state index in [4.69, 9.17) is 9.47 Å². The number of benzene rings is 5. The Bertz CT molecular complexity index is 2490. The van der Waals surface area contributed by atoms with Crippen molar-refractivity contribution in [1.82, 2.24) is 15.0 Å². The molecular weight excluding hydrogens is 747 g/mol. The minimum atomic E-state index is -2.89. The number of anilines is 3. The van der Waals surface area contributed by atoms with Gasteiger partial charge in [0, 0.05) is 35.5 Å². The van der Waals surface area contributed by atoms with Gasteiger partial charge in [-0.2, -0.15) is 0 Å². The standard InChI is InChI=1S/C46H45N5O6Si/c1-30-43(58(2,3)55)42(25-26-49-28-37(47-48-49)35(29-52)32-13-5-4-6-14-32)57-46(30)36-16-8-9-17-38(36)50(45(46)54)27-31-21-23-33(24-22-31)51-39-18-10-12-20-41(39)56-40-19-11-7-15-34(40)44(51)53/h4-24,28,30,35,42-43,52,55H,25-27,29H2,1-3H3/t30-,35?,42+,43-,46+/m1/s1. The SMILES string of the molecule is C[C@@H]1[C@@H]([Si](C)(C)O)[C@H](CCn2cc(C(CO)c3ccccc3)nn2)O[C@@]12C(=O)N(Cc1ccc(N3C(=O)c4ccccc4Oc4ccccc43)cc1)c1ccccc12. The highest BCUT2D eigenvalue weighted by Crippen LogP contribution is 2.60. The fourth-order valence-corrected chi connectivity index (χ4v) is 12.0. The van der Waals surface area contributed by atoms with Gasteiger partial charge in [-0.3, -0.25) is 19.2 Å². The number of carbonyl (C=O) groups is 2. The number of para-hydroxylation sites is 4. The first kappa shape index (κ1) is 37.6. The molecule has 4 heterocycles. The zero-order chi connectivity index (χ0) is 40.2. The monoisotopic (exact) mass is 791 g/mol. The molecule has 5 atom stereocenters. The number of aromatic nitrogens is 3. The number of hydrogen-bond donors (Lipinski definition) is 2. The molecule has 3 aliphatic heterocycles. The lowest BCUT2D eigenvalue weighted by atomic mass is 9.82. The Hall–Kier alpha value is -5.92. The first-order chi connectivity index (χ1) is 28.1. The number of amides is 2. The number of ether oxygens (including phenoxy) is 2. The van der Waals surface area contributed by atoms with E-state index in [-0.39, 0.29) is 42.3 Å². The molecule has 1 spiro atoms. The Morgan fingerprint density at radius 2 is 1.50 bits per heavy atom. The third-order valence-corrected chi connectivity index (χ3v) is 14.5. The molecule has 5 aromatic carbocycles. The number of hydrogen-bond acceptors (Lipinski definition) is 8. The normalized spacial score (nSPS) is 21.7. The maximum atomic E-state index is 15.0. The Morgan fingerprint density at radius 1 is 0.828 bits per heavy atom. The van der Waals surface area contributed by atoms with Gasteiger partial charge in [-0.1, -0.05) is 97.1 Å². The van der Waals surface area contributed by atoms with Crippen LogP contribution >= 0.6 is 0 Å². The maximum Gasteiger partial charge on any atom is 0.266 e. The summed E-state index contributed by atoms with van der Waals surface area (Å²) in [4.78, 5) is 44.3. The van der Waals surface area contributed by atoms with Crippen LogP contribution in [0.5, 0.6) is 11.5 Å². The second-order valence-corrected chi connectivity index (χ2v) is 20.0. The average Bonchev–Trinajstić information content (AvgIpc) is 3.86. The summed E-state index contributed by atoms with van der Waals surface area (Å²) in [5.41, 5.74) is 4.34. The van der Waals surface area contributed by atoms with Gasteiger partial charge in [0.15, 0.2) is 19.7 Å². The lowest BCUT2D eigenvalue weighted by Crippen LogP contribution is -2.46. The number of aryl methyl sites for hydroxylation is 1. The molecule has 1 fully saturated rings. The minimum absolute atomic E-state index is 0.0971. The lowest BCUT2D eigenvalue weighted by Gasteiger charge is -2.32. The van der Waals surface area contributed by atoms with Crippen LogP contribution in [0.2, 0.25) is 18.6 Å². The van der Waals surface area contributed by atoms with Crippen molar-refractivity contribution >= 4 is 37.2 Å². The number of fused-ring (bicyclic) bond motifs is 4. The van der Waals surface area contributed by atoms with Crippen LogP contribution in [-0.4, -0.2) is 57.7 Å². The lowest BCUT2D eigenvalue weighted by molar-refractivity contribution is -0.146. The number of nitrogens with zero attached hydrogens (tertiary/aromatic N) is 5. The third-order valence-electron chi connectivity index (χ3n) is 12.0. The van der Waals surface area contributed by atoms with Crippen molar-refractivity contribution in [2.24, 2.45) is 5.92 Å². The summed E-state index contributed by atoms with van der Waals surface area (Å²) in [5, 5.41) is 19.0. The van der Waals surface area contributed by atoms with Gasteiger partial charge in [-0.15, -0.1) is 5.10 Å². The first-order valence-electron chi connectivity index (χ1n) is 19.7. The topological polar surface area (TPSA) is 130 Å². The van der Waals surface area contributed by atoms with Crippen LogP contribution in [0, 0.1) is 5.92 Å². The zero-order valence-corrected chi connectivity index (χ0v) is 33.6. The molecule has 0 bridgehead atoms. The first-order valence-corrected chi connectivity index (χ1v) is 22.8. The summed E-state index contributed by atoms with van der Waals surface area (Å²) in [7, 11) is -2.89. The molecule has 1 saturated heterocycles. The van der Waals surface area contributed by atoms with E-state index in [1.165, 1.54) is 0 Å². The molecule has 6 aromatic rings. The molecule has 11 nitrogen and oxygen atoms in total. The van der Waals surface area contributed by atoms with Gasteiger partial charge in [0.1, 0.15) is 5.75 Å². The van der Waals surface area contributed by atoms with E-state index in [1.807, 2.05) is 141 Å². The van der Waals surface area contributed by atoms with Gasteiger partial charge >= 0.3 is 0 Å². The fraction of sp³-hybridized carbons (Fsp3) is 0.261. The highest BCUT2D eigenvalue weighted by molar-refractivity contribution is 6.71. The maximum absolute atomic E-state index is 15.0. The van der Waals surface area contributed by atoms with Crippen molar-refractivity contribution in [2.45, 2.75) is 62.7 Å². The molecule has 12 heteroatoms. The van der Waals surface area contributed by atoms with Crippen molar-refractivity contribution in [3.8, 4) is 11.5 Å². The summed E-state index contributed by atoms with van der Waals surface area (Å²) in [6.07, 6.45) is 1.95. The van der Waals surface area contributed by atoms with Gasteiger partial charge in [-0.25, -0.2) is 0 Å². The van der Waals surface area contributed by atoms with Crippen LogP contribution in [0.1, 0.15) is 52.0 Å². The molecule has 1 unspecified atom stereocenters. The van der Waals surface area contributed by atoms with Crippen molar-refractivity contribution in [3.63, 3.8) is 0 Å². The smallest absolute Gasteiger partial charge is 0.266 e. The predicted molar refractivity (Wildman–Crippen MR) is 223 cm³/mol. The number of aliphatic hydroxyl groups is 1. The van der Waals surface area contributed by atoms with Crippen LogP contribution < -0.4 is 14.5 Å². The largest absolute Gasteiger partial charge is 0.454 e. The Morgan fingerprint density at radius 3 is 2.24 bits per heavy atom. The summed E-state index contributed by atoms with van der Waals surface area (Å²) < 4.78 is 15.0. The molecule has 2 N–H and O–H groups in total. The minimum Gasteiger partial charge on any atom is -0.454 e. The molecule has 294 valence electrons. The van der Waals surface area contributed by atoms with E-state index >= 15 is 4.79 Å². The Balaban J connectivity index is 0.978. The van der Waals surface area contributed by atoms with E-state index < -0.39 is 20.0 Å².